The normalized spacial score (nSPS) is 12.0. The maximum absolute atomic E-state index is 13.8. The Morgan fingerprint density at radius 2 is 1.92 bits per heavy atom. The number of carbonyl (C=O) groups is 1. The molecule has 0 fully saturated rings. The second-order valence-electron chi connectivity index (χ2n) is 5.25. The van der Waals surface area contributed by atoms with E-state index in [9.17, 15) is 13.6 Å². The molecule has 0 radical (unpaired) electrons. The van der Waals surface area contributed by atoms with E-state index in [1.54, 1.807) is 42.2 Å². The average Bonchev–Trinajstić information content (AvgIpc) is 3.09. The number of carbonyl (C=O) groups excluding carboxylic acids is 1. The first-order valence-electron chi connectivity index (χ1n) is 7.25. The first kappa shape index (κ1) is 15.8. The van der Waals surface area contributed by atoms with E-state index in [1.165, 1.54) is 12.4 Å². The SMILES string of the molecule is C[C@@H](NC(=O)c1ccc(-n2cncn2)cc1)c1ccc(F)cc1F. The Kier molecular flexibility index (Phi) is 4.33. The lowest BCUT2D eigenvalue weighted by Gasteiger charge is -2.15. The van der Waals surface area contributed by atoms with E-state index < -0.39 is 17.7 Å². The molecular formula is C17H14F2N4O. The molecule has 3 aromatic rings. The summed E-state index contributed by atoms with van der Waals surface area (Å²) in [5.74, 6) is -1.70. The maximum Gasteiger partial charge on any atom is 0.251 e. The van der Waals surface area contributed by atoms with Crippen LogP contribution >= 0.6 is 0 Å². The van der Waals surface area contributed by atoms with Crippen LogP contribution in [0.5, 0.6) is 0 Å². The number of aromatic nitrogens is 3. The summed E-state index contributed by atoms with van der Waals surface area (Å²) >= 11 is 0. The number of benzene rings is 2. The molecule has 1 N–H and O–H groups in total. The molecule has 5 nitrogen and oxygen atoms in total. The summed E-state index contributed by atoms with van der Waals surface area (Å²) < 4.78 is 28.3. The van der Waals surface area contributed by atoms with Crippen molar-refractivity contribution in [3.8, 4) is 5.69 Å². The largest absolute Gasteiger partial charge is 0.345 e. The smallest absolute Gasteiger partial charge is 0.251 e. The molecule has 122 valence electrons. The fourth-order valence-corrected chi connectivity index (χ4v) is 2.32. The molecule has 1 amide bonds. The molecule has 24 heavy (non-hydrogen) atoms. The average molecular weight is 328 g/mol. The third-order valence-electron chi connectivity index (χ3n) is 3.59. The summed E-state index contributed by atoms with van der Waals surface area (Å²) in [5, 5.41) is 6.69. The van der Waals surface area contributed by atoms with Crippen molar-refractivity contribution in [3.05, 3.63) is 77.9 Å². The van der Waals surface area contributed by atoms with Crippen molar-refractivity contribution in [1.29, 1.82) is 0 Å². The van der Waals surface area contributed by atoms with E-state index in [2.05, 4.69) is 15.4 Å². The van der Waals surface area contributed by atoms with E-state index in [-0.39, 0.29) is 11.5 Å². The standard InChI is InChI=1S/C17H14F2N4O/c1-11(15-7-4-13(18)8-16(15)19)22-17(24)12-2-5-14(6-3-12)23-10-20-9-21-23/h2-11H,1H3,(H,22,24)/t11-/m1/s1. The molecule has 2 aromatic carbocycles. The molecule has 7 heteroatoms. The third-order valence-corrected chi connectivity index (χ3v) is 3.59. The van der Waals surface area contributed by atoms with E-state index in [1.807, 2.05) is 0 Å². The Labute approximate surface area is 137 Å². The first-order chi connectivity index (χ1) is 11.5. The number of nitrogens with zero attached hydrogens (tertiary/aromatic N) is 3. The highest BCUT2D eigenvalue weighted by Gasteiger charge is 2.15. The molecule has 0 aliphatic carbocycles. The highest BCUT2D eigenvalue weighted by atomic mass is 19.1. The Morgan fingerprint density at radius 1 is 1.17 bits per heavy atom. The quantitative estimate of drug-likeness (QED) is 0.801. The van der Waals surface area contributed by atoms with Crippen molar-refractivity contribution in [3.63, 3.8) is 0 Å². The molecule has 1 heterocycles. The van der Waals surface area contributed by atoms with Gasteiger partial charge in [0.15, 0.2) is 0 Å². The van der Waals surface area contributed by atoms with E-state index in [4.69, 9.17) is 0 Å². The van der Waals surface area contributed by atoms with Crippen molar-refractivity contribution in [2.45, 2.75) is 13.0 Å². The van der Waals surface area contributed by atoms with Crippen LogP contribution in [0.4, 0.5) is 8.78 Å². The maximum atomic E-state index is 13.8. The zero-order valence-electron chi connectivity index (χ0n) is 12.8. The molecule has 0 saturated carbocycles. The molecular weight excluding hydrogens is 314 g/mol. The Balaban J connectivity index is 1.72. The topological polar surface area (TPSA) is 59.8 Å². The summed E-state index contributed by atoms with van der Waals surface area (Å²) in [6, 6.07) is 9.43. The van der Waals surface area contributed by atoms with Gasteiger partial charge in [-0.3, -0.25) is 4.79 Å². The van der Waals surface area contributed by atoms with Crippen LogP contribution in [0.3, 0.4) is 0 Å². The van der Waals surface area contributed by atoms with Gasteiger partial charge < -0.3 is 5.32 Å². The molecule has 3 rings (SSSR count). The van der Waals surface area contributed by atoms with Gasteiger partial charge in [0.05, 0.1) is 11.7 Å². The second-order valence-corrected chi connectivity index (χ2v) is 5.25. The highest BCUT2D eigenvalue weighted by Crippen LogP contribution is 2.18. The molecule has 0 aliphatic heterocycles. The summed E-state index contributed by atoms with van der Waals surface area (Å²) in [6.07, 6.45) is 2.97. The first-order valence-corrected chi connectivity index (χ1v) is 7.25. The molecule has 0 aliphatic rings. The third kappa shape index (κ3) is 3.29. The second kappa shape index (κ2) is 6.57. The van der Waals surface area contributed by atoms with Crippen LogP contribution in [0.25, 0.3) is 5.69 Å². The lowest BCUT2D eigenvalue weighted by atomic mass is 10.1. The lowest BCUT2D eigenvalue weighted by Crippen LogP contribution is -2.27. The summed E-state index contributed by atoms with van der Waals surface area (Å²) in [5.41, 5.74) is 1.42. The fourth-order valence-electron chi connectivity index (χ4n) is 2.32. The van der Waals surface area contributed by atoms with Crippen LogP contribution in [0.2, 0.25) is 0 Å². The van der Waals surface area contributed by atoms with E-state index >= 15 is 0 Å². The predicted molar refractivity (Wildman–Crippen MR) is 83.6 cm³/mol. The van der Waals surface area contributed by atoms with Crippen molar-refractivity contribution in [2.24, 2.45) is 0 Å². The molecule has 1 atom stereocenters. The number of halogens is 2. The fraction of sp³-hybridized carbons (Fsp3) is 0.118. The molecule has 0 spiro atoms. The van der Waals surface area contributed by atoms with Gasteiger partial charge in [-0.25, -0.2) is 18.4 Å². The number of amides is 1. The van der Waals surface area contributed by atoms with Crippen LogP contribution < -0.4 is 5.32 Å². The van der Waals surface area contributed by atoms with Gasteiger partial charge in [0.25, 0.3) is 5.91 Å². The van der Waals surface area contributed by atoms with Crippen molar-refractivity contribution >= 4 is 5.91 Å². The zero-order valence-corrected chi connectivity index (χ0v) is 12.8. The lowest BCUT2D eigenvalue weighted by molar-refractivity contribution is 0.0939. The Bertz CT molecular complexity index is 848. The van der Waals surface area contributed by atoms with Crippen molar-refractivity contribution < 1.29 is 13.6 Å². The summed E-state index contributed by atoms with van der Waals surface area (Å²) in [6.45, 7) is 1.64. The molecule has 1 aromatic heterocycles. The van der Waals surface area contributed by atoms with Crippen LogP contribution in [-0.2, 0) is 0 Å². The number of nitrogens with one attached hydrogen (secondary N) is 1. The number of hydrogen-bond donors (Lipinski definition) is 1. The van der Waals surface area contributed by atoms with Gasteiger partial charge in [0, 0.05) is 17.2 Å². The van der Waals surface area contributed by atoms with Gasteiger partial charge in [-0.15, -0.1) is 0 Å². The van der Waals surface area contributed by atoms with Gasteiger partial charge in [-0.05, 0) is 37.3 Å². The van der Waals surface area contributed by atoms with Gasteiger partial charge >= 0.3 is 0 Å². The zero-order chi connectivity index (χ0) is 17.1. The minimum atomic E-state index is -0.690. The van der Waals surface area contributed by atoms with Crippen LogP contribution in [-0.4, -0.2) is 20.7 Å². The van der Waals surface area contributed by atoms with Crippen molar-refractivity contribution in [2.75, 3.05) is 0 Å². The van der Waals surface area contributed by atoms with Crippen LogP contribution in [0.1, 0.15) is 28.9 Å². The highest BCUT2D eigenvalue weighted by molar-refractivity contribution is 5.94. The Morgan fingerprint density at radius 3 is 2.54 bits per heavy atom. The molecule has 0 bridgehead atoms. The van der Waals surface area contributed by atoms with Gasteiger partial charge in [0.1, 0.15) is 24.3 Å². The van der Waals surface area contributed by atoms with Crippen molar-refractivity contribution in [1.82, 2.24) is 20.1 Å². The van der Waals surface area contributed by atoms with Gasteiger partial charge in [-0.1, -0.05) is 6.07 Å². The summed E-state index contributed by atoms with van der Waals surface area (Å²) in [7, 11) is 0. The predicted octanol–water partition coefficient (Wildman–Crippen LogP) is 3.04. The Hall–Kier alpha value is -3.09. The van der Waals surface area contributed by atoms with Gasteiger partial charge in [-0.2, -0.15) is 5.10 Å². The minimum absolute atomic E-state index is 0.226. The van der Waals surface area contributed by atoms with E-state index in [0.29, 0.717) is 5.56 Å². The van der Waals surface area contributed by atoms with Crippen LogP contribution in [0, 0.1) is 11.6 Å². The molecule has 0 unspecified atom stereocenters. The van der Waals surface area contributed by atoms with Crippen LogP contribution in [0.15, 0.2) is 55.1 Å². The van der Waals surface area contributed by atoms with E-state index in [0.717, 1.165) is 17.8 Å². The minimum Gasteiger partial charge on any atom is -0.345 e. The van der Waals surface area contributed by atoms with Gasteiger partial charge in [0.2, 0.25) is 0 Å². The monoisotopic (exact) mass is 328 g/mol. The number of rotatable bonds is 4. The number of hydrogen-bond acceptors (Lipinski definition) is 3. The molecule has 0 saturated heterocycles. The summed E-state index contributed by atoms with van der Waals surface area (Å²) in [4.78, 5) is 16.1.